The second-order valence-electron chi connectivity index (χ2n) is 3.62. The molecule has 17 heavy (non-hydrogen) atoms. The minimum atomic E-state index is -0.198. The van der Waals surface area contributed by atoms with Crippen LogP contribution in [0.5, 0.6) is 0 Å². The van der Waals surface area contributed by atoms with Crippen molar-refractivity contribution in [3.63, 3.8) is 0 Å². The lowest BCUT2D eigenvalue weighted by Crippen LogP contribution is -2.14. The average Bonchev–Trinajstić information content (AvgIpc) is 2.34. The molecule has 0 heterocycles. The molecule has 0 bridgehead atoms. The molecule has 0 aliphatic rings. The molecule has 0 saturated heterocycles. The zero-order valence-corrected chi connectivity index (χ0v) is 9.93. The lowest BCUT2D eigenvalue weighted by atomic mass is 10.2. The van der Waals surface area contributed by atoms with Crippen LogP contribution in [0, 0.1) is 0 Å². The number of carbonyl (C=O) groups excluding carboxylic acids is 1. The van der Waals surface area contributed by atoms with Crippen LogP contribution in [0.25, 0.3) is 0 Å². The number of rotatable bonds is 7. The van der Waals surface area contributed by atoms with Gasteiger partial charge in [0.25, 0.3) is 0 Å². The highest BCUT2D eigenvalue weighted by molar-refractivity contribution is 5.87. The Morgan fingerprint density at radius 1 is 1.47 bits per heavy atom. The van der Waals surface area contributed by atoms with Crippen molar-refractivity contribution < 1.29 is 9.63 Å². The largest absolute Gasteiger partial charge is 0.295 e. The molecule has 0 radical (unpaired) electrons. The van der Waals surface area contributed by atoms with E-state index in [0.29, 0.717) is 6.42 Å². The molecule has 0 spiro atoms. The molecule has 0 amide bonds. The van der Waals surface area contributed by atoms with Gasteiger partial charge < -0.3 is 0 Å². The molecule has 3 heteroatoms. The molecule has 0 aromatic heterocycles. The molecule has 1 rings (SSSR count). The maximum Gasteiger partial charge on any atom is 0.152 e. The Bertz CT molecular complexity index is 384. The molecule has 1 aromatic rings. The van der Waals surface area contributed by atoms with Gasteiger partial charge in [-0.05, 0) is 37.6 Å². The molecular weight excluding hydrogens is 214 g/mol. The summed E-state index contributed by atoms with van der Waals surface area (Å²) in [5.74, 6) is 0.00220. The van der Waals surface area contributed by atoms with Gasteiger partial charge in [0.1, 0.15) is 6.10 Å². The molecule has 1 atom stereocenters. The smallest absolute Gasteiger partial charge is 0.152 e. The lowest BCUT2D eigenvalue weighted by Gasteiger charge is -2.13. The molecule has 0 aliphatic heterocycles. The van der Waals surface area contributed by atoms with Gasteiger partial charge >= 0.3 is 0 Å². The topological polar surface area (TPSA) is 38.3 Å². The van der Waals surface area contributed by atoms with Crippen LogP contribution in [0.15, 0.2) is 55.1 Å². The SMILES string of the molecule is C=CC[C@H](/C=C/C(C)=O)ONc1ccccc1. The Hall–Kier alpha value is -1.87. The maximum atomic E-state index is 10.8. The van der Waals surface area contributed by atoms with E-state index in [1.165, 1.54) is 13.0 Å². The highest BCUT2D eigenvalue weighted by Gasteiger charge is 2.03. The summed E-state index contributed by atoms with van der Waals surface area (Å²) in [5, 5.41) is 0. The molecule has 1 aromatic carbocycles. The van der Waals surface area contributed by atoms with Gasteiger partial charge in [-0.15, -0.1) is 6.58 Å². The van der Waals surface area contributed by atoms with E-state index >= 15 is 0 Å². The number of ketones is 1. The van der Waals surface area contributed by atoms with Crippen molar-refractivity contribution in [3.05, 3.63) is 55.1 Å². The number of benzene rings is 1. The molecule has 90 valence electrons. The van der Waals surface area contributed by atoms with E-state index in [4.69, 9.17) is 4.84 Å². The van der Waals surface area contributed by atoms with E-state index in [9.17, 15) is 4.79 Å². The fourth-order valence-electron chi connectivity index (χ4n) is 1.22. The van der Waals surface area contributed by atoms with Crippen LogP contribution in [0.1, 0.15) is 13.3 Å². The van der Waals surface area contributed by atoms with E-state index in [1.54, 1.807) is 12.2 Å². The zero-order chi connectivity index (χ0) is 12.5. The molecule has 3 nitrogen and oxygen atoms in total. The minimum Gasteiger partial charge on any atom is -0.295 e. The first-order chi connectivity index (χ1) is 8.22. The van der Waals surface area contributed by atoms with Crippen molar-refractivity contribution in [2.24, 2.45) is 0 Å². The van der Waals surface area contributed by atoms with Crippen LogP contribution in [-0.4, -0.2) is 11.9 Å². The standard InChI is InChI=1S/C14H17NO2/c1-3-7-14(11-10-12(2)16)17-15-13-8-5-4-6-9-13/h3-6,8-11,14-15H,1,7H2,2H3/b11-10+/t14-/m1/s1. The van der Waals surface area contributed by atoms with E-state index in [-0.39, 0.29) is 11.9 Å². The maximum absolute atomic E-state index is 10.8. The fraction of sp³-hybridized carbons (Fsp3) is 0.214. The van der Waals surface area contributed by atoms with Gasteiger partial charge in [-0.1, -0.05) is 24.3 Å². The van der Waals surface area contributed by atoms with E-state index in [0.717, 1.165) is 5.69 Å². The highest BCUT2D eigenvalue weighted by atomic mass is 16.7. The van der Waals surface area contributed by atoms with Crippen LogP contribution in [0.2, 0.25) is 0 Å². The fourth-order valence-corrected chi connectivity index (χ4v) is 1.22. The summed E-state index contributed by atoms with van der Waals surface area (Å²) in [7, 11) is 0. The van der Waals surface area contributed by atoms with Gasteiger partial charge in [-0.2, -0.15) is 0 Å². The molecule has 0 saturated carbocycles. The minimum absolute atomic E-state index is 0.00220. The summed E-state index contributed by atoms with van der Waals surface area (Å²) < 4.78 is 0. The van der Waals surface area contributed by atoms with Gasteiger partial charge in [0, 0.05) is 0 Å². The third kappa shape index (κ3) is 5.68. The van der Waals surface area contributed by atoms with Crippen LogP contribution < -0.4 is 5.48 Å². The first-order valence-corrected chi connectivity index (χ1v) is 5.48. The third-order valence-corrected chi connectivity index (χ3v) is 2.05. The summed E-state index contributed by atoms with van der Waals surface area (Å²) in [6.45, 7) is 5.16. The van der Waals surface area contributed by atoms with Gasteiger partial charge in [-0.3, -0.25) is 15.1 Å². The summed E-state index contributed by atoms with van der Waals surface area (Å²) in [6.07, 6.45) is 5.42. The van der Waals surface area contributed by atoms with Crippen molar-refractivity contribution in [1.82, 2.24) is 0 Å². The Labute approximate surface area is 102 Å². The Balaban J connectivity index is 2.49. The molecule has 0 unspecified atom stereocenters. The van der Waals surface area contributed by atoms with Crippen LogP contribution >= 0.6 is 0 Å². The predicted molar refractivity (Wildman–Crippen MR) is 69.6 cm³/mol. The van der Waals surface area contributed by atoms with Gasteiger partial charge in [-0.25, -0.2) is 0 Å². The van der Waals surface area contributed by atoms with Gasteiger partial charge in [0.05, 0.1) is 5.69 Å². The molecule has 1 N–H and O–H groups in total. The van der Waals surface area contributed by atoms with Gasteiger partial charge in [0.15, 0.2) is 5.78 Å². The van der Waals surface area contributed by atoms with E-state index in [2.05, 4.69) is 12.1 Å². The number of para-hydroxylation sites is 1. The second kappa shape index (κ2) is 7.41. The number of anilines is 1. The normalized spacial score (nSPS) is 12.3. The average molecular weight is 231 g/mol. The Morgan fingerprint density at radius 3 is 2.76 bits per heavy atom. The monoisotopic (exact) mass is 231 g/mol. The number of nitrogens with one attached hydrogen (secondary N) is 1. The van der Waals surface area contributed by atoms with E-state index < -0.39 is 0 Å². The summed E-state index contributed by atoms with van der Waals surface area (Å²) in [4.78, 5) is 16.3. The first-order valence-electron chi connectivity index (χ1n) is 5.48. The van der Waals surface area contributed by atoms with Gasteiger partial charge in [0.2, 0.25) is 0 Å². The first kappa shape index (κ1) is 13.2. The number of hydrogen-bond donors (Lipinski definition) is 1. The number of allylic oxidation sites excluding steroid dienone is 1. The third-order valence-electron chi connectivity index (χ3n) is 2.05. The van der Waals surface area contributed by atoms with Crippen molar-refractivity contribution in [2.45, 2.75) is 19.4 Å². The summed E-state index contributed by atoms with van der Waals surface area (Å²) in [5.41, 5.74) is 3.72. The van der Waals surface area contributed by atoms with Crippen molar-refractivity contribution in [2.75, 3.05) is 5.48 Å². The molecular formula is C14H17NO2. The number of hydrogen-bond acceptors (Lipinski definition) is 3. The van der Waals surface area contributed by atoms with Crippen LogP contribution in [-0.2, 0) is 9.63 Å². The van der Waals surface area contributed by atoms with Crippen molar-refractivity contribution >= 4 is 11.5 Å². The number of carbonyl (C=O) groups is 1. The van der Waals surface area contributed by atoms with E-state index in [1.807, 2.05) is 30.3 Å². The predicted octanol–water partition coefficient (Wildman–Crippen LogP) is 3.12. The van der Waals surface area contributed by atoms with Crippen LogP contribution in [0.4, 0.5) is 5.69 Å². The summed E-state index contributed by atoms with van der Waals surface area (Å²) >= 11 is 0. The highest BCUT2D eigenvalue weighted by Crippen LogP contribution is 2.08. The Morgan fingerprint density at radius 2 is 2.18 bits per heavy atom. The van der Waals surface area contributed by atoms with Crippen LogP contribution in [0.3, 0.4) is 0 Å². The van der Waals surface area contributed by atoms with Crippen molar-refractivity contribution in [3.8, 4) is 0 Å². The van der Waals surface area contributed by atoms with Crippen molar-refractivity contribution in [1.29, 1.82) is 0 Å². The lowest BCUT2D eigenvalue weighted by molar-refractivity contribution is -0.112. The molecule has 0 aliphatic carbocycles. The summed E-state index contributed by atoms with van der Waals surface area (Å²) in [6, 6.07) is 9.57. The Kier molecular flexibility index (Phi) is 5.75. The zero-order valence-electron chi connectivity index (χ0n) is 9.93. The second-order valence-corrected chi connectivity index (χ2v) is 3.62. The molecule has 0 fully saturated rings. The quantitative estimate of drug-likeness (QED) is 0.445.